The molecule has 1 aromatic rings. The fourth-order valence-corrected chi connectivity index (χ4v) is 0.811. The quantitative estimate of drug-likeness (QED) is 0.544. The fraction of sp³-hybridized carbons (Fsp3) is 0. The van der Waals surface area contributed by atoms with Crippen molar-refractivity contribution in [2.24, 2.45) is 0 Å². The van der Waals surface area contributed by atoms with Gasteiger partial charge >= 0.3 is 5.97 Å². The van der Waals surface area contributed by atoms with Gasteiger partial charge in [0, 0.05) is 17.8 Å². The Kier molecular flexibility index (Phi) is 2.81. The molecule has 0 unspecified atom stereocenters. The number of nitrogens with two attached hydrogens (primary N) is 1. The van der Waals surface area contributed by atoms with Crippen LogP contribution in [0.4, 0.5) is 5.82 Å². The predicted octanol–water partition coefficient (Wildman–Crippen LogP) is 0.810. The van der Waals surface area contributed by atoms with Crippen molar-refractivity contribution in [3.05, 3.63) is 23.1 Å². The maximum atomic E-state index is 10.2. The summed E-state index contributed by atoms with van der Waals surface area (Å²) in [5.41, 5.74) is 5.85. The number of hydrogen-bond acceptors (Lipinski definition) is 4. The number of aliphatic carboxylic acids is 1. The number of halogens is 1. The molecule has 1 aromatic heterocycles. The topological polar surface area (TPSA) is 89.1 Å². The fourth-order valence-electron chi connectivity index (χ4n) is 0.671. The van der Waals surface area contributed by atoms with Crippen molar-refractivity contribution in [1.29, 1.82) is 0 Å². The van der Waals surface area contributed by atoms with Crippen molar-refractivity contribution in [2.75, 3.05) is 5.73 Å². The van der Waals surface area contributed by atoms with E-state index in [1.807, 2.05) is 0 Å². The highest BCUT2D eigenvalue weighted by atomic mass is 35.5. The Morgan fingerprint density at radius 2 is 2.38 bits per heavy atom. The molecule has 1 rings (SSSR count). The highest BCUT2D eigenvalue weighted by Gasteiger charge is 1.99. The molecule has 0 amide bonds. The highest BCUT2D eigenvalue weighted by molar-refractivity contribution is 6.28. The molecule has 0 atom stereocenters. The van der Waals surface area contributed by atoms with E-state index in [1.54, 1.807) is 0 Å². The largest absolute Gasteiger partial charge is 0.478 e. The number of carbonyl (C=O) groups is 1. The van der Waals surface area contributed by atoms with Crippen molar-refractivity contribution < 1.29 is 9.90 Å². The van der Waals surface area contributed by atoms with Gasteiger partial charge in [-0.25, -0.2) is 14.8 Å². The summed E-state index contributed by atoms with van der Waals surface area (Å²) in [5, 5.41) is 8.36. The molecule has 0 saturated carbocycles. The zero-order valence-corrected chi connectivity index (χ0v) is 7.19. The van der Waals surface area contributed by atoms with Gasteiger partial charge in [0.15, 0.2) is 0 Å². The third kappa shape index (κ3) is 2.72. The van der Waals surface area contributed by atoms with Gasteiger partial charge in [-0.1, -0.05) is 0 Å². The van der Waals surface area contributed by atoms with Crippen molar-refractivity contribution in [1.82, 2.24) is 9.97 Å². The Balaban J connectivity index is 2.96. The Labute approximate surface area is 78.9 Å². The van der Waals surface area contributed by atoms with Gasteiger partial charge in [-0.3, -0.25) is 0 Å². The molecule has 6 heteroatoms. The van der Waals surface area contributed by atoms with Gasteiger partial charge in [-0.05, 0) is 17.7 Å². The second-order valence-electron chi connectivity index (χ2n) is 2.15. The normalized spacial score (nSPS) is 10.5. The van der Waals surface area contributed by atoms with Crippen LogP contribution in [0, 0.1) is 0 Å². The van der Waals surface area contributed by atoms with Gasteiger partial charge in [0.1, 0.15) is 5.82 Å². The number of rotatable bonds is 2. The number of aromatic nitrogens is 2. The van der Waals surface area contributed by atoms with E-state index in [0.717, 1.165) is 6.08 Å². The Bertz CT molecular complexity index is 365. The number of nitrogen functional groups attached to an aromatic ring is 1. The first-order valence-electron chi connectivity index (χ1n) is 3.28. The summed E-state index contributed by atoms with van der Waals surface area (Å²) >= 11 is 5.44. The number of carboxylic acids is 1. The zero-order valence-electron chi connectivity index (χ0n) is 6.44. The SMILES string of the molecule is Nc1nc(Cl)ncc1/C=C/C(=O)O. The first kappa shape index (κ1) is 9.47. The molecule has 0 spiro atoms. The van der Waals surface area contributed by atoms with Crippen LogP contribution in [0.1, 0.15) is 5.56 Å². The molecule has 68 valence electrons. The predicted molar refractivity (Wildman–Crippen MR) is 48.1 cm³/mol. The molecule has 0 aromatic carbocycles. The maximum Gasteiger partial charge on any atom is 0.328 e. The van der Waals surface area contributed by atoms with E-state index in [9.17, 15) is 4.79 Å². The summed E-state index contributed by atoms with van der Waals surface area (Å²) in [5.74, 6) is -0.910. The van der Waals surface area contributed by atoms with Gasteiger partial charge in [0.05, 0.1) is 0 Å². The number of nitrogens with zero attached hydrogens (tertiary/aromatic N) is 2. The molecule has 0 aliphatic rings. The molecular formula is C7H6ClN3O2. The lowest BCUT2D eigenvalue weighted by Gasteiger charge is -1.97. The van der Waals surface area contributed by atoms with E-state index in [2.05, 4.69) is 9.97 Å². The van der Waals surface area contributed by atoms with Crippen LogP contribution in [-0.4, -0.2) is 21.0 Å². The highest BCUT2D eigenvalue weighted by Crippen LogP contribution is 2.11. The summed E-state index contributed by atoms with van der Waals surface area (Å²) in [7, 11) is 0. The lowest BCUT2D eigenvalue weighted by Crippen LogP contribution is -1.96. The molecule has 5 nitrogen and oxygen atoms in total. The molecule has 0 aliphatic heterocycles. The molecule has 0 saturated heterocycles. The molecule has 1 heterocycles. The standard InChI is InChI=1S/C7H6ClN3O2/c8-7-10-3-4(6(9)11-7)1-2-5(12)13/h1-3H,(H,12,13)(H2,9,10,11)/b2-1+. The molecule has 3 N–H and O–H groups in total. The third-order valence-electron chi connectivity index (χ3n) is 1.22. The maximum absolute atomic E-state index is 10.2. The van der Waals surface area contributed by atoms with E-state index in [1.165, 1.54) is 12.3 Å². The molecule has 0 aliphatic carbocycles. The second kappa shape index (κ2) is 3.86. The Morgan fingerprint density at radius 1 is 1.69 bits per heavy atom. The lowest BCUT2D eigenvalue weighted by atomic mass is 10.3. The van der Waals surface area contributed by atoms with Crippen LogP contribution in [0.3, 0.4) is 0 Å². The van der Waals surface area contributed by atoms with E-state index in [4.69, 9.17) is 22.4 Å². The van der Waals surface area contributed by atoms with Gasteiger partial charge in [-0.15, -0.1) is 0 Å². The van der Waals surface area contributed by atoms with Crippen molar-refractivity contribution in [2.45, 2.75) is 0 Å². The average Bonchev–Trinajstić information content (AvgIpc) is 2.02. The minimum atomic E-state index is -1.06. The van der Waals surface area contributed by atoms with E-state index in [-0.39, 0.29) is 11.1 Å². The third-order valence-corrected chi connectivity index (χ3v) is 1.41. The van der Waals surface area contributed by atoms with Crippen molar-refractivity contribution in [3.63, 3.8) is 0 Å². The van der Waals surface area contributed by atoms with Crippen LogP contribution in [-0.2, 0) is 4.79 Å². The van der Waals surface area contributed by atoms with Crippen LogP contribution in [0.15, 0.2) is 12.3 Å². The first-order valence-corrected chi connectivity index (χ1v) is 3.66. The van der Waals surface area contributed by atoms with E-state index < -0.39 is 5.97 Å². The van der Waals surface area contributed by atoms with Crippen LogP contribution < -0.4 is 5.73 Å². The smallest absolute Gasteiger partial charge is 0.328 e. The second-order valence-corrected chi connectivity index (χ2v) is 2.49. The minimum Gasteiger partial charge on any atom is -0.478 e. The molecule has 13 heavy (non-hydrogen) atoms. The van der Waals surface area contributed by atoms with Gasteiger partial charge < -0.3 is 10.8 Å². The van der Waals surface area contributed by atoms with Crippen LogP contribution in [0.2, 0.25) is 5.28 Å². The van der Waals surface area contributed by atoms with E-state index >= 15 is 0 Å². The Morgan fingerprint density at radius 3 is 2.92 bits per heavy atom. The lowest BCUT2D eigenvalue weighted by molar-refractivity contribution is -0.131. The van der Waals surface area contributed by atoms with Gasteiger partial charge in [-0.2, -0.15) is 0 Å². The minimum absolute atomic E-state index is 0.0324. The van der Waals surface area contributed by atoms with Crippen molar-refractivity contribution in [3.8, 4) is 0 Å². The number of hydrogen-bond donors (Lipinski definition) is 2. The van der Waals surface area contributed by atoms with Gasteiger partial charge in [0.25, 0.3) is 0 Å². The average molecular weight is 200 g/mol. The van der Waals surface area contributed by atoms with Crippen molar-refractivity contribution >= 4 is 29.5 Å². The molecule has 0 bridgehead atoms. The summed E-state index contributed by atoms with van der Waals surface area (Å²) in [6.07, 6.45) is 3.60. The Hall–Kier alpha value is -1.62. The first-order chi connectivity index (χ1) is 6.09. The number of anilines is 1. The van der Waals surface area contributed by atoms with Crippen LogP contribution in [0.25, 0.3) is 6.08 Å². The van der Waals surface area contributed by atoms with Crippen LogP contribution in [0.5, 0.6) is 0 Å². The summed E-state index contributed by atoms with van der Waals surface area (Å²) in [6, 6.07) is 0. The van der Waals surface area contributed by atoms with Crippen LogP contribution >= 0.6 is 11.6 Å². The van der Waals surface area contributed by atoms with Gasteiger partial charge in [0.2, 0.25) is 5.28 Å². The molecule has 0 fully saturated rings. The summed E-state index contributed by atoms with van der Waals surface area (Å²) < 4.78 is 0. The molecule has 0 radical (unpaired) electrons. The monoisotopic (exact) mass is 199 g/mol. The summed E-state index contributed by atoms with van der Waals surface area (Å²) in [4.78, 5) is 17.4. The molecular weight excluding hydrogens is 194 g/mol. The summed E-state index contributed by atoms with van der Waals surface area (Å²) in [6.45, 7) is 0. The van der Waals surface area contributed by atoms with E-state index in [0.29, 0.717) is 5.56 Å². The number of carboxylic acid groups (broad SMARTS) is 1. The zero-order chi connectivity index (χ0) is 9.84.